The van der Waals surface area contributed by atoms with Crippen molar-refractivity contribution in [3.8, 4) is 0 Å². The van der Waals surface area contributed by atoms with Gasteiger partial charge in [-0.25, -0.2) is 0 Å². The van der Waals surface area contributed by atoms with Crippen LogP contribution in [0.5, 0.6) is 0 Å². The number of carbonyl (C=O) groups is 1. The number of rotatable bonds is 5. The van der Waals surface area contributed by atoms with E-state index in [-0.39, 0.29) is 23.0 Å². The van der Waals surface area contributed by atoms with Crippen LogP contribution < -0.4 is 0 Å². The van der Waals surface area contributed by atoms with E-state index in [9.17, 15) is 4.79 Å². The maximum atomic E-state index is 12.9. The molecule has 1 aromatic carbocycles. The van der Waals surface area contributed by atoms with Crippen molar-refractivity contribution in [1.29, 1.82) is 0 Å². The third kappa shape index (κ3) is 4.09. The molecule has 0 aliphatic carbocycles. The molecular weight excluding hydrogens is 429 g/mol. The van der Waals surface area contributed by atoms with Crippen molar-refractivity contribution >= 4 is 34.8 Å². The molecule has 2 heterocycles. The van der Waals surface area contributed by atoms with Crippen molar-refractivity contribution in [3.63, 3.8) is 0 Å². The first-order chi connectivity index (χ1) is 13.0. The van der Waals surface area contributed by atoms with Crippen LogP contribution in [0, 0.1) is 5.92 Å². The first-order valence-electron chi connectivity index (χ1n) is 10.1. The van der Waals surface area contributed by atoms with Gasteiger partial charge in [0.2, 0.25) is 0 Å². The predicted molar refractivity (Wildman–Crippen MR) is 121 cm³/mol. The van der Waals surface area contributed by atoms with Crippen LogP contribution in [0.15, 0.2) is 48.6 Å². The summed E-state index contributed by atoms with van der Waals surface area (Å²) in [4.78, 5) is 15.3. The quantitative estimate of drug-likeness (QED) is 0.457. The number of benzene rings is 1. The van der Waals surface area contributed by atoms with E-state index in [0.717, 1.165) is 10.9 Å². The molecule has 0 aromatic heterocycles. The Bertz CT molecular complexity index is 782. The second-order valence-electron chi connectivity index (χ2n) is 9.38. The number of amides is 1. The van der Waals surface area contributed by atoms with Gasteiger partial charge in [-0.15, -0.1) is 0 Å². The summed E-state index contributed by atoms with van der Waals surface area (Å²) in [7, 11) is -1.88. The summed E-state index contributed by atoms with van der Waals surface area (Å²) in [6.07, 6.45) is 2.21. The van der Waals surface area contributed by atoms with E-state index < -0.39 is 8.32 Å². The minimum atomic E-state index is -1.88. The van der Waals surface area contributed by atoms with E-state index in [4.69, 9.17) is 4.43 Å². The molecule has 0 unspecified atom stereocenters. The molecule has 0 N–H and O–H groups in total. The summed E-state index contributed by atoms with van der Waals surface area (Å²) in [6.45, 7) is 18.4. The van der Waals surface area contributed by atoms with Gasteiger partial charge in [-0.05, 0) is 0 Å². The van der Waals surface area contributed by atoms with Gasteiger partial charge in [-0.3, -0.25) is 0 Å². The standard InChI is InChI=1S/C23H33NO2SeSi/c1-16(18-11-9-8-10-12-18)19-13-14-24-21(25)20(22(24)27-15-19)17(2)26-28(6,7)23(3,4)5/h8-13,17,20,22H,1,14-15H2,2-7H3/t17-,20+,22-/m1/s1. The molecule has 1 fully saturated rings. The van der Waals surface area contributed by atoms with Crippen molar-refractivity contribution in [1.82, 2.24) is 4.90 Å². The average molecular weight is 463 g/mol. The summed E-state index contributed by atoms with van der Waals surface area (Å²) >= 11 is 0.337. The van der Waals surface area contributed by atoms with Crippen LogP contribution in [-0.4, -0.2) is 51.7 Å². The maximum absolute atomic E-state index is 12.9. The number of hydrogen-bond acceptors (Lipinski definition) is 2. The van der Waals surface area contributed by atoms with Gasteiger partial charge >= 0.3 is 178 Å². The molecule has 0 saturated carbocycles. The van der Waals surface area contributed by atoms with E-state index in [2.05, 4.69) is 82.6 Å². The van der Waals surface area contributed by atoms with Crippen molar-refractivity contribution < 1.29 is 9.22 Å². The Morgan fingerprint density at radius 2 is 1.93 bits per heavy atom. The van der Waals surface area contributed by atoms with E-state index in [1.807, 2.05) is 6.07 Å². The number of nitrogens with zero attached hydrogens (tertiary/aromatic N) is 1. The van der Waals surface area contributed by atoms with E-state index in [1.165, 1.54) is 11.1 Å². The van der Waals surface area contributed by atoms with Crippen LogP contribution in [0.2, 0.25) is 23.5 Å². The monoisotopic (exact) mass is 463 g/mol. The van der Waals surface area contributed by atoms with Gasteiger partial charge < -0.3 is 0 Å². The second-order valence-corrected chi connectivity index (χ2v) is 16.4. The first kappa shape index (κ1) is 21.6. The summed E-state index contributed by atoms with van der Waals surface area (Å²) in [5.74, 6) is 0.285. The fourth-order valence-electron chi connectivity index (χ4n) is 3.56. The van der Waals surface area contributed by atoms with Crippen molar-refractivity contribution in [3.05, 3.63) is 54.1 Å². The fourth-order valence-corrected chi connectivity index (χ4v) is 8.26. The number of carbonyl (C=O) groups excluding carboxylic acids is 1. The molecule has 1 aromatic rings. The van der Waals surface area contributed by atoms with Gasteiger partial charge in [0.15, 0.2) is 0 Å². The van der Waals surface area contributed by atoms with Gasteiger partial charge in [0, 0.05) is 0 Å². The Hall–Kier alpha value is -1.13. The molecule has 2 aliphatic heterocycles. The molecule has 2 aliphatic rings. The molecular formula is C23H33NO2SeSi. The number of fused-ring (bicyclic) bond motifs is 1. The van der Waals surface area contributed by atoms with Crippen molar-refractivity contribution in [2.24, 2.45) is 5.92 Å². The van der Waals surface area contributed by atoms with E-state index >= 15 is 0 Å². The molecule has 0 spiro atoms. The SMILES string of the molecule is C=C(C1=CCN2C(=O)[C@H]([C@@H](C)O[Si](C)(C)C(C)(C)C)[C@H]2[Se]C1)c1ccccc1. The molecule has 5 heteroatoms. The Labute approximate surface area is 177 Å². The van der Waals surface area contributed by atoms with E-state index in [1.54, 1.807) is 0 Å². The van der Waals surface area contributed by atoms with Crippen molar-refractivity contribution in [2.45, 2.75) is 62.2 Å². The summed E-state index contributed by atoms with van der Waals surface area (Å²) in [5.41, 5.74) is 3.57. The summed E-state index contributed by atoms with van der Waals surface area (Å²) in [5, 5.41) is 1.18. The molecule has 28 heavy (non-hydrogen) atoms. The van der Waals surface area contributed by atoms with Gasteiger partial charge in [0.1, 0.15) is 0 Å². The molecule has 3 atom stereocenters. The van der Waals surface area contributed by atoms with Crippen LogP contribution in [0.25, 0.3) is 5.57 Å². The molecule has 0 radical (unpaired) electrons. The van der Waals surface area contributed by atoms with Gasteiger partial charge in [0.25, 0.3) is 0 Å². The summed E-state index contributed by atoms with van der Waals surface area (Å²) < 4.78 is 6.58. The molecule has 1 amide bonds. The third-order valence-electron chi connectivity index (χ3n) is 6.43. The van der Waals surface area contributed by atoms with Gasteiger partial charge in [-0.2, -0.15) is 0 Å². The van der Waals surface area contributed by atoms with Crippen LogP contribution in [0.3, 0.4) is 0 Å². The Kier molecular flexibility index (Phi) is 6.12. The normalized spacial score (nSPS) is 24.0. The van der Waals surface area contributed by atoms with Crippen LogP contribution in [0.1, 0.15) is 33.3 Å². The first-order valence-corrected chi connectivity index (χ1v) is 15.2. The minimum absolute atomic E-state index is 0.00427. The van der Waals surface area contributed by atoms with Gasteiger partial charge in [-0.1, -0.05) is 0 Å². The summed E-state index contributed by atoms with van der Waals surface area (Å²) in [6, 6.07) is 10.4. The number of allylic oxidation sites excluding steroid dienone is 2. The van der Waals surface area contributed by atoms with Gasteiger partial charge in [0.05, 0.1) is 0 Å². The topological polar surface area (TPSA) is 29.5 Å². The second kappa shape index (κ2) is 7.95. The van der Waals surface area contributed by atoms with E-state index in [0.29, 0.717) is 26.4 Å². The zero-order valence-corrected chi connectivity index (χ0v) is 20.7. The Morgan fingerprint density at radius 3 is 2.54 bits per heavy atom. The molecule has 1 saturated heterocycles. The number of hydrogen-bond donors (Lipinski definition) is 0. The zero-order chi connectivity index (χ0) is 20.7. The number of β-lactam (4-membered cyclic amide) rings is 1. The van der Waals surface area contributed by atoms with Crippen LogP contribution in [-0.2, 0) is 9.22 Å². The fraction of sp³-hybridized carbons (Fsp3) is 0.522. The zero-order valence-electron chi connectivity index (χ0n) is 18.0. The molecule has 152 valence electrons. The predicted octanol–water partition coefficient (Wildman–Crippen LogP) is 4.96. The van der Waals surface area contributed by atoms with Crippen LogP contribution in [0.4, 0.5) is 0 Å². The van der Waals surface area contributed by atoms with Crippen molar-refractivity contribution in [2.75, 3.05) is 6.54 Å². The third-order valence-corrected chi connectivity index (χ3v) is 13.9. The molecule has 3 nitrogen and oxygen atoms in total. The Balaban J connectivity index is 1.68. The molecule has 0 bridgehead atoms. The molecule has 3 rings (SSSR count). The Morgan fingerprint density at radius 1 is 1.29 bits per heavy atom. The average Bonchev–Trinajstić information content (AvgIpc) is 2.80. The van der Waals surface area contributed by atoms with Crippen LogP contribution >= 0.6 is 0 Å².